The van der Waals surface area contributed by atoms with Crippen LogP contribution in [-0.2, 0) is 9.59 Å². The number of hydrogen-bond donors (Lipinski definition) is 2. The number of carbonyl (C=O) groups excluding carboxylic acids is 2. The molecule has 0 aliphatic carbocycles. The van der Waals surface area contributed by atoms with Crippen LogP contribution in [0, 0.1) is 5.41 Å². The summed E-state index contributed by atoms with van der Waals surface area (Å²) in [6, 6.07) is 2.82. The van der Waals surface area contributed by atoms with Gasteiger partial charge in [0, 0.05) is 18.7 Å². The van der Waals surface area contributed by atoms with Gasteiger partial charge in [-0.25, -0.2) is 0 Å². The van der Waals surface area contributed by atoms with Crippen molar-refractivity contribution in [3.63, 3.8) is 0 Å². The minimum Gasteiger partial charge on any atom is -0.493 e. The third-order valence-corrected chi connectivity index (χ3v) is 4.39. The maximum absolute atomic E-state index is 12.7. The van der Waals surface area contributed by atoms with Crippen LogP contribution in [0.5, 0.6) is 11.5 Å². The van der Waals surface area contributed by atoms with E-state index in [1.807, 2.05) is 0 Å². The third-order valence-electron chi connectivity index (χ3n) is 4.11. The van der Waals surface area contributed by atoms with Gasteiger partial charge in [-0.2, -0.15) is 0 Å². The lowest BCUT2D eigenvalue weighted by molar-refractivity contribution is -0.147. The molecule has 1 atom stereocenters. The van der Waals surface area contributed by atoms with E-state index in [1.165, 1.54) is 24.1 Å². The first-order valence-electron chi connectivity index (χ1n) is 7.49. The number of nitrogens with zero attached hydrogens (tertiary/aromatic N) is 1. The Morgan fingerprint density at radius 3 is 2.60 bits per heavy atom. The number of likely N-dealkylation sites (tertiary alicyclic amines) is 1. The molecule has 1 fully saturated rings. The molecular weight excluding hydrogens is 352 g/mol. The fraction of sp³-hybridized carbons (Fsp3) is 0.438. The number of methoxy groups -OCH3 is 1. The Hall–Kier alpha value is -2.48. The zero-order valence-electron chi connectivity index (χ0n) is 13.9. The van der Waals surface area contributed by atoms with Crippen LogP contribution in [0.15, 0.2) is 12.1 Å². The quantitative estimate of drug-likeness (QED) is 0.775. The smallest absolute Gasteiger partial charge is 0.311 e. The monoisotopic (exact) mass is 370 g/mol. The average Bonchev–Trinajstić information content (AvgIpc) is 2.96. The number of nitrogens with two attached hydrogens (primary N) is 1. The maximum atomic E-state index is 12.7. The molecule has 1 aliphatic heterocycles. The molecule has 0 bridgehead atoms. The van der Waals surface area contributed by atoms with Gasteiger partial charge in [-0.3, -0.25) is 14.4 Å². The predicted molar refractivity (Wildman–Crippen MR) is 89.0 cm³/mol. The highest BCUT2D eigenvalue weighted by Gasteiger charge is 2.42. The molecular formula is C16H19ClN2O6. The van der Waals surface area contributed by atoms with Crippen LogP contribution in [0.1, 0.15) is 23.7 Å². The van der Waals surface area contributed by atoms with E-state index >= 15 is 0 Å². The van der Waals surface area contributed by atoms with Crippen LogP contribution in [0.4, 0.5) is 0 Å². The standard InChI is InChI=1S/C16H19ClN2O6/c1-16(15(22)23)3-4-19(8-16)14(21)9-5-10(17)13(11(6-9)24-2)25-7-12(18)20/h5-6H,3-4,7-8H2,1-2H3,(H2,18,20)(H,22,23). The van der Waals surface area contributed by atoms with E-state index in [9.17, 15) is 19.5 Å². The number of primary amides is 1. The Balaban J connectivity index is 2.25. The summed E-state index contributed by atoms with van der Waals surface area (Å²) in [7, 11) is 1.37. The summed E-state index contributed by atoms with van der Waals surface area (Å²) < 4.78 is 10.4. The molecule has 0 saturated carbocycles. The number of hydrogen-bond acceptors (Lipinski definition) is 5. The summed E-state index contributed by atoms with van der Waals surface area (Å²) in [5.74, 6) is -1.68. The van der Waals surface area contributed by atoms with Crippen LogP contribution in [-0.4, -0.2) is 54.6 Å². The first kappa shape index (κ1) is 18.9. The Morgan fingerprint density at radius 1 is 1.40 bits per heavy atom. The van der Waals surface area contributed by atoms with E-state index in [4.69, 9.17) is 26.8 Å². The molecule has 3 N–H and O–H groups in total. The van der Waals surface area contributed by atoms with Gasteiger partial charge < -0.3 is 25.2 Å². The summed E-state index contributed by atoms with van der Waals surface area (Å²) >= 11 is 6.13. The van der Waals surface area contributed by atoms with Crippen LogP contribution in [0.25, 0.3) is 0 Å². The molecule has 1 saturated heterocycles. The second kappa shape index (κ2) is 7.18. The SMILES string of the molecule is COc1cc(C(=O)N2CCC(C)(C(=O)O)C2)cc(Cl)c1OCC(N)=O. The zero-order valence-corrected chi connectivity index (χ0v) is 14.6. The fourth-order valence-electron chi connectivity index (χ4n) is 2.62. The summed E-state index contributed by atoms with van der Waals surface area (Å²) in [6.07, 6.45) is 0.374. The molecule has 0 spiro atoms. The highest BCUT2D eigenvalue weighted by atomic mass is 35.5. The van der Waals surface area contributed by atoms with E-state index in [0.29, 0.717) is 13.0 Å². The summed E-state index contributed by atoms with van der Waals surface area (Å²) in [5, 5.41) is 9.36. The molecule has 8 nitrogen and oxygen atoms in total. The molecule has 136 valence electrons. The maximum Gasteiger partial charge on any atom is 0.311 e. The van der Waals surface area contributed by atoms with Crippen molar-refractivity contribution < 1.29 is 29.0 Å². The molecule has 0 aromatic heterocycles. The molecule has 25 heavy (non-hydrogen) atoms. The van der Waals surface area contributed by atoms with Crippen molar-refractivity contribution in [1.82, 2.24) is 4.90 Å². The van der Waals surface area contributed by atoms with Crippen molar-refractivity contribution in [2.24, 2.45) is 11.1 Å². The number of rotatable bonds is 6. The highest BCUT2D eigenvalue weighted by Crippen LogP contribution is 2.38. The number of aliphatic carboxylic acids is 1. The van der Waals surface area contributed by atoms with E-state index in [0.717, 1.165) is 0 Å². The van der Waals surface area contributed by atoms with Crippen LogP contribution in [0.2, 0.25) is 5.02 Å². The number of carboxylic acids is 1. The molecule has 9 heteroatoms. The van der Waals surface area contributed by atoms with Gasteiger partial charge in [-0.05, 0) is 25.5 Å². The Labute approximate surface area is 149 Å². The first-order chi connectivity index (χ1) is 11.7. The van der Waals surface area contributed by atoms with Crippen LogP contribution in [0.3, 0.4) is 0 Å². The van der Waals surface area contributed by atoms with Gasteiger partial charge in [-0.15, -0.1) is 0 Å². The normalized spacial score (nSPS) is 19.6. The van der Waals surface area contributed by atoms with Crippen molar-refractivity contribution in [3.8, 4) is 11.5 Å². The predicted octanol–water partition coefficient (Wildman–Crippen LogP) is 1.15. The highest BCUT2D eigenvalue weighted by molar-refractivity contribution is 6.32. The van der Waals surface area contributed by atoms with Crippen molar-refractivity contribution >= 4 is 29.4 Å². The minimum absolute atomic E-state index is 0.0872. The second-order valence-electron chi connectivity index (χ2n) is 6.09. The number of halogens is 1. The Morgan fingerprint density at radius 2 is 2.08 bits per heavy atom. The van der Waals surface area contributed by atoms with Gasteiger partial charge in [0.15, 0.2) is 18.1 Å². The minimum atomic E-state index is -0.964. The molecule has 1 heterocycles. The lowest BCUT2D eigenvalue weighted by atomic mass is 9.90. The first-order valence-corrected chi connectivity index (χ1v) is 7.87. The topological polar surface area (TPSA) is 119 Å². The van der Waals surface area contributed by atoms with Gasteiger partial charge in [0.1, 0.15) is 0 Å². The number of carboxylic acid groups (broad SMARTS) is 1. The van der Waals surface area contributed by atoms with Crippen molar-refractivity contribution in [1.29, 1.82) is 0 Å². The Kier molecular flexibility index (Phi) is 5.42. The van der Waals surface area contributed by atoms with E-state index < -0.39 is 17.3 Å². The van der Waals surface area contributed by atoms with E-state index in [1.54, 1.807) is 6.92 Å². The van der Waals surface area contributed by atoms with Gasteiger partial charge in [-0.1, -0.05) is 11.6 Å². The van der Waals surface area contributed by atoms with E-state index in [2.05, 4.69) is 0 Å². The number of amides is 2. The van der Waals surface area contributed by atoms with Gasteiger partial charge in [0.05, 0.1) is 17.5 Å². The number of benzene rings is 1. The lowest BCUT2D eigenvalue weighted by Crippen LogP contribution is -2.34. The average molecular weight is 371 g/mol. The second-order valence-corrected chi connectivity index (χ2v) is 6.49. The molecule has 2 amide bonds. The van der Waals surface area contributed by atoms with Crippen LogP contribution >= 0.6 is 11.6 Å². The molecule has 1 aliphatic rings. The fourth-order valence-corrected chi connectivity index (χ4v) is 2.88. The van der Waals surface area contributed by atoms with Crippen molar-refractivity contribution in [2.75, 3.05) is 26.8 Å². The summed E-state index contributed by atoms with van der Waals surface area (Å²) in [5.41, 5.74) is 4.31. The number of carbonyl (C=O) groups is 3. The Bertz CT molecular complexity index is 723. The van der Waals surface area contributed by atoms with Gasteiger partial charge in [0.2, 0.25) is 0 Å². The summed E-state index contributed by atoms with van der Waals surface area (Å²) in [6.45, 7) is 1.67. The van der Waals surface area contributed by atoms with Crippen molar-refractivity contribution in [2.45, 2.75) is 13.3 Å². The third kappa shape index (κ3) is 3.96. The molecule has 1 aromatic carbocycles. The summed E-state index contributed by atoms with van der Waals surface area (Å²) in [4.78, 5) is 36.3. The number of ether oxygens (including phenoxy) is 2. The largest absolute Gasteiger partial charge is 0.493 e. The van der Waals surface area contributed by atoms with Crippen LogP contribution < -0.4 is 15.2 Å². The van der Waals surface area contributed by atoms with Gasteiger partial charge in [0.25, 0.3) is 11.8 Å². The zero-order chi connectivity index (χ0) is 18.8. The van der Waals surface area contributed by atoms with Gasteiger partial charge >= 0.3 is 5.97 Å². The lowest BCUT2D eigenvalue weighted by Gasteiger charge is -2.21. The molecule has 1 unspecified atom stereocenters. The van der Waals surface area contributed by atoms with Crippen molar-refractivity contribution in [3.05, 3.63) is 22.7 Å². The molecule has 0 radical (unpaired) electrons. The van der Waals surface area contributed by atoms with E-state index in [-0.39, 0.29) is 41.1 Å². The molecule has 2 rings (SSSR count). The molecule has 1 aromatic rings.